The van der Waals surface area contributed by atoms with Crippen LogP contribution in [0.15, 0.2) is 84.2 Å². The number of aryl methyl sites for hydroxylation is 4. The van der Waals surface area contributed by atoms with Gasteiger partial charge in [-0.3, -0.25) is 9.97 Å². The monoisotopic (exact) mass is 708 g/mol. The van der Waals surface area contributed by atoms with E-state index in [-0.39, 0.29) is 13.5 Å². The molecule has 50 heavy (non-hydrogen) atoms. The molecule has 0 atom stereocenters. The van der Waals surface area contributed by atoms with Gasteiger partial charge in [0.15, 0.2) is 0 Å². The summed E-state index contributed by atoms with van der Waals surface area (Å²) in [6.45, 7) is 5.74. The average Bonchev–Trinajstić information content (AvgIpc) is 3.40. The maximum atomic E-state index is 12.0. The average molecular weight is 710 g/mol. The van der Waals surface area contributed by atoms with Crippen LogP contribution in [0, 0.1) is 0 Å². The Morgan fingerprint density at radius 3 is 1.68 bits per heavy atom. The number of halogens is 2. The van der Waals surface area contributed by atoms with Crippen LogP contribution in [0.3, 0.4) is 0 Å². The summed E-state index contributed by atoms with van der Waals surface area (Å²) in [5, 5.41) is 5.05. The van der Waals surface area contributed by atoms with Gasteiger partial charge in [0.1, 0.15) is 0 Å². The number of fused-ring (bicyclic) bond motifs is 4. The zero-order valence-electron chi connectivity index (χ0n) is 28.0. The summed E-state index contributed by atoms with van der Waals surface area (Å²) in [4.78, 5) is 23.3. The summed E-state index contributed by atoms with van der Waals surface area (Å²) in [7, 11) is 0. The maximum absolute atomic E-state index is 12.0. The number of hydrogen-bond donors (Lipinski definition) is 1. The van der Waals surface area contributed by atoms with Gasteiger partial charge < -0.3 is 15.0 Å². The number of carbonyl (C=O) groups excluding carboxylic acids is 1. The smallest absolute Gasteiger partial charge is 0.409 e. The van der Waals surface area contributed by atoms with E-state index in [1.807, 2.05) is 43.6 Å². The molecule has 2 aromatic carbocycles. The number of piperidine rings is 2. The van der Waals surface area contributed by atoms with E-state index in [1.165, 1.54) is 61.4 Å². The van der Waals surface area contributed by atoms with Crippen molar-refractivity contribution in [2.24, 2.45) is 0 Å². The highest BCUT2D eigenvalue weighted by Gasteiger charge is 2.27. The van der Waals surface area contributed by atoms with Crippen LogP contribution in [-0.2, 0) is 30.4 Å². The van der Waals surface area contributed by atoms with E-state index < -0.39 is 0 Å². The molecule has 2 saturated heterocycles. The van der Waals surface area contributed by atoms with Gasteiger partial charge in [0.2, 0.25) is 0 Å². The second-order valence-electron chi connectivity index (χ2n) is 13.0. The minimum absolute atomic E-state index is 0. The number of aromatic nitrogens is 2. The minimum atomic E-state index is -0.215. The normalized spacial score (nSPS) is 16.7. The van der Waals surface area contributed by atoms with Gasteiger partial charge in [-0.15, -0.1) is 0 Å². The van der Waals surface area contributed by atoms with Crippen LogP contribution in [0.1, 0.15) is 84.8 Å². The Bertz CT molecular complexity index is 1920. The van der Waals surface area contributed by atoms with Crippen molar-refractivity contribution in [1.82, 2.24) is 20.2 Å². The van der Waals surface area contributed by atoms with Crippen molar-refractivity contribution in [2.45, 2.75) is 65.7 Å². The van der Waals surface area contributed by atoms with Gasteiger partial charge in [0.25, 0.3) is 0 Å². The van der Waals surface area contributed by atoms with Gasteiger partial charge in [-0.2, -0.15) is 0 Å². The lowest BCUT2D eigenvalue weighted by Gasteiger charge is -2.29. The third-order valence-corrected chi connectivity index (χ3v) is 10.5. The van der Waals surface area contributed by atoms with E-state index in [2.05, 4.69) is 41.7 Å². The summed E-state index contributed by atoms with van der Waals surface area (Å²) in [6, 6.07) is 20.9. The molecule has 0 bridgehead atoms. The molecule has 0 spiro atoms. The molecule has 2 fully saturated rings. The van der Waals surface area contributed by atoms with Crippen LogP contribution >= 0.6 is 23.2 Å². The van der Waals surface area contributed by atoms with Crippen LogP contribution in [0.2, 0.25) is 10.0 Å². The van der Waals surface area contributed by atoms with Gasteiger partial charge in [-0.05, 0) is 141 Å². The first-order chi connectivity index (χ1) is 24.0. The van der Waals surface area contributed by atoms with E-state index in [9.17, 15) is 4.79 Å². The maximum Gasteiger partial charge on any atom is 0.409 e. The van der Waals surface area contributed by atoms with Crippen LogP contribution in [-0.4, -0.2) is 53.7 Å². The van der Waals surface area contributed by atoms with Crippen molar-refractivity contribution in [1.29, 1.82) is 0 Å². The molecule has 0 unspecified atom stereocenters. The molecule has 2 aromatic heterocycles. The fourth-order valence-electron chi connectivity index (χ4n) is 7.67. The zero-order valence-corrected chi connectivity index (χ0v) is 29.5. The molecule has 4 heterocycles. The van der Waals surface area contributed by atoms with Crippen LogP contribution < -0.4 is 5.32 Å². The molecular formula is C42H46Cl2N4O2. The highest BCUT2D eigenvalue weighted by molar-refractivity contribution is 6.31. The van der Waals surface area contributed by atoms with E-state index in [4.69, 9.17) is 37.9 Å². The highest BCUT2D eigenvalue weighted by atomic mass is 35.5. The SMILES string of the molecule is C.CCOC(=O)N1CCC(=C2c3ccc(Cl)cc3CCc3cccnc32)CC1.Clc1ccc2c(c1)CCc1cccnc1C2=C1CCNCC1. The topological polar surface area (TPSA) is 67.3 Å². The van der Waals surface area contributed by atoms with Gasteiger partial charge in [0, 0.05) is 46.7 Å². The Hall–Kier alpha value is -3.97. The standard InChI is InChI=1S/C22H23ClN2O2.C19H19ClN2.CH4/c1-2-27-22(26)25-12-9-15(10-13-25)20-19-8-7-18(23)14-17(19)6-5-16-4-3-11-24-21(16)20;20-16-5-6-17-15(12-16)4-3-14-2-1-9-22-19(14)18(17)13-7-10-21-11-8-13;/h3-4,7-8,11,14H,2,5-6,9-10,12-13H2,1H3;1-2,5-6,9,12,21H,3-4,7-8,10-11H2;1H4. The summed E-state index contributed by atoms with van der Waals surface area (Å²) in [6.07, 6.45) is 11.4. The second-order valence-corrected chi connectivity index (χ2v) is 13.9. The minimum Gasteiger partial charge on any atom is -0.450 e. The van der Waals surface area contributed by atoms with Gasteiger partial charge in [-0.25, -0.2) is 4.79 Å². The quantitative estimate of drug-likeness (QED) is 0.213. The Balaban J connectivity index is 0.000000173. The summed E-state index contributed by atoms with van der Waals surface area (Å²) in [5.74, 6) is 0. The van der Waals surface area contributed by atoms with Crippen molar-refractivity contribution < 1.29 is 9.53 Å². The molecule has 0 saturated carbocycles. The van der Waals surface area contributed by atoms with Crippen LogP contribution in [0.5, 0.6) is 0 Å². The van der Waals surface area contributed by atoms with Crippen molar-refractivity contribution >= 4 is 40.4 Å². The molecule has 0 radical (unpaired) electrons. The fourth-order valence-corrected chi connectivity index (χ4v) is 8.06. The van der Waals surface area contributed by atoms with Crippen molar-refractivity contribution in [3.63, 3.8) is 0 Å². The molecule has 2 aliphatic heterocycles. The number of benzene rings is 2. The van der Waals surface area contributed by atoms with Gasteiger partial charge >= 0.3 is 6.09 Å². The van der Waals surface area contributed by atoms with E-state index >= 15 is 0 Å². The number of rotatable bonds is 1. The fraction of sp³-hybridized carbons (Fsp3) is 0.357. The van der Waals surface area contributed by atoms with Gasteiger partial charge in [-0.1, -0.05) is 66.0 Å². The number of nitrogens with one attached hydrogen (secondary N) is 1. The van der Waals surface area contributed by atoms with E-state index in [1.54, 1.807) is 4.90 Å². The number of pyridine rings is 2. The largest absolute Gasteiger partial charge is 0.450 e. The Morgan fingerprint density at radius 2 is 1.18 bits per heavy atom. The Labute approximate surface area is 306 Å². The highest BCUT2D eigenvalue weighted by Crippen LogP contribution is 2.39. The second kappa shape index (κ2) is 16.4. The van der Waals surface area contributed by atoms with Gasteiger partial charge in [0.05, 0.1) is 18.0 Å². The number of likely N-dealkylation sites (tertiary alicyclic amines) is 1. The lowest BCUT2D eigenvalue weighted by Crippen LogP contribution is -2.37. The predicted molar refractivity (Wildman–Crippen MR) is 205 cm³/mol. The lowest BCUT2D eigenvalue weighted by molar-refractivity contribution is 0.104. The van der Waals surface area contributed by atoms with Crippen molar-refractivity contribution in [2.75, 3.05) is 32.8 Å². The number of nitrogens with zero attached hydrogens (tertiary/aromatic N) is 3. The first-order valence-corrected chi connectivity index (χ1v) is 18.3. The number of hydrogen-bond acceptors (Lipinski definition) is 5. The molecular weight excluding hydrogens is 663 g/mol. The van der Waals surface area contributed by atoms with Crippen LogP contribution in [0.25, 0.3) is 11.1 Å². The first kappa shape index (κ1) is 35.8. The molecule has 8 rings (SSSR count). The number of amides is 1. The Kier molecular flexibility index (Phi) is 11.7. The molecule has 6 nitrogen and oxygen atoms in total. The van der Waals surface area contributed by atoms with Crippen molar-refractivity contribution in [3.8, 4) is 0 Å². The number of ether oxygens (including phenoxy) is 1. The zero-order chi connectivity index (χ0) is 33.7. The molecule has 8 heteroatoms. The van der Waals surface area contributed by atoms with Crippen molar-refractivity contribution in [3.05, 3.63) is 139 Å². The molecule has 4 aromatic rings. The third kappa shape index (κ3) is 7.68. The molecule has 4 aliphatic rings. The third-order valence-electron chi connectivity index (χ3n) is 10.1. The molecule has 260 valence electrons. The first-order valence-electron chi connectivity index (χ1n) is 17.5. The molecule has 2 aliphatic carbocycles. The summed E-state index contributed by atoms with van der Waals surface area (Å²) < 4.78 is 5.15. The number of carbonyl (C=O) groups is 1. The lowest BCUT2D eigenvalue weighted by atomic mass is 9.88. The molecule has 1 N–H and O–H groups in total. The van der Waals surface area contributed by atoms with E-state index in [0.717, 1.165) is 80.2 Å². The van der Waals surface area contributed by atoms with E-state index in [0.29, 0.717) is 19.7 Å². The summed E-state index contributed by atoms with van der Waals surface area (Å²) >= 11 is 12.5. The van der Waals surface area contributed by atoms with Crippen LogP contribution in [0.4, 0.5) is 4.79 Å². The summed E-state index contributed by atoms with van der Waals surface area (Å²) in [5.41, 5.74) is 15.6. The Morgan fingerprint density at radius 1 is 0.700 bits per heavy atom. The molecule has 1 amide bonds. The predicted octanol–water partition coefficient (Wildman–Crippen LogP) is 9.54.